The van der Waals surface area contributed by atoms with Crippen molar-refractivity contribution < 1.29 is 24.2 Å². The van der Waals surface area contributed by atoms with Crippen LogP contribution in [-0.4, -0.2) is 30.0 Å². The average Bonchev–Trinajstić information content (AvgIpc) is 2.96. The van der Waals surface area contributed by atoms with E-state index in [0.29, 0.717) is 28.7 Å². The molecule has 1 aliphatic rings. The smallest absolute Gasteiger partial charge is 0.298 e. The molecule has 2 amide bonds. The molecule has 3 rings (SSSR count). The second kappa shape index (κ2) is 8.84. The maximum absolute atomic E-state index is 12.7. The molecule has 0 saturated carbocycles. The first-order valence-electron chi connectivity index (χ1n) is 8.91. The van der Waals surface area contributed by atoms with Gasteiger partial charge in [0.2, 0.25) is 0 Å². The van der Waals surface area contributed by atoms with Gasteiger partial charge in [0, 0.05) is 6.07 Å². The van der Waals surface area contributed by atoms with E-state index in [4.69, 9.17) is 9.47 Å². The van der Waals surface area contributed by atoms with Gasteiger partial charge < -0.3 is 14.6 Å². The van der Waals surface area contributed by atoms with Crippen LogP contribution in [0.2, 0.25) is 0 Å². The first-order chi connectivity index (χ1) is 13.5. The summed E-state index contributed by atoms with van der Waals surface area (Å²) in [6, 6.07) is 11.4. The van der Waals surface area contributed by atoms with Crippen molar-refractivity contribution in [3.8, 4) is 17.2 Å². The molecule has 28 heavy (non-hydrogen) atoms. The lowest BCUT2D eigenvalue weighted by molar-refractivity contribution is -0.113. The molecule has 0 bridgehead atoms. The van der Waals surface area contributed by atoms with Gasteiger partial charge in [-0.15, -0.1) is 0 Å². The molecule has 2 aromatic carbocycles. The Morgan fingerprint density at radius 2 is 1.96 bits per heavy atom. The molecule has 1 fully saturated rings. The average molecular weight is 399 g/mol. The topological polar surface area (TPSA) is 76.1 Å². The summed E-state index contributed by atoms with van der Waals surface area (Å²) in [5.41, 5.74) is 1.06. The highest BCUT2D eigenvalue weighted by atomic mass is 32.2. The lowest BCUT2D eigenvalue weighted by Gasteiger charge is -2.12. The molecule has 1 saturated heterocycles. The molecule has 0 unspecified atom stereocenters. The predicted octanol–water partition coefficient (Wildman–Crippen LogP) is 4.82. The van der Waals surface area contributed by atoms with Gasteiger partial charge in [0.1, 0.15) is 5.75 Å². The molecule has 7 heteroatoms. The van der Waals surface area contributed by atoms with E-state index in [0.717, 1.165) is 35.1 Å². The van der Waals surface area contributed by atoms with E-state index in [9.17, 15) is 14.7 Å². The molecule has 0 radical (unpaired) electrons. The van der Waals surface area contributed by atoms with Crippen molar-refractivity contribution in [3.63, 3.8) is 0 Å². The van der Waals surface area contributed by atoms with Crippen LogP contribution in [0.25, 0.3) is 6.08 Å². The Labute approximate surface area is 167 Å². The first kappa shape index (κ1) is 19.8. The van der Waals surface area contributed by atoms with Crippen LogP contribution in [-0.2, 0) is 4.79 Å². The molecule has 1 heterocycles. The molecule has 0 aliphatic carbocycles. The van der Waals surface area contributed by atoms with Crippen LogP contribution in [0.5, 0.6) is 17.2 Å². The molecule has 0 aromatic heterocycles. The van der Waals surface area contributed by atoms with Gasteiger partial charge in [0.05, 0.1) is 24.3 Å². The number of anilines is 1. The number of carbonyl (C=O) groups excluding carboxylic acids is 2. The number of benzene rings is 2. The third-order valence-electron chi connectivity index (χ3n) is 4.12. The Hall–Kier alpha value is -2.93. The van der Waals surface area contributed by atoms with Gasteiger partial charge in [-0.05, 0) is 54.1 Å². The maximum Gasteiger partial charge on any atom is 0.298 e. The molecule has 0 spiro atoms. The van der Waals surface area contributed by atoms with Gasteiger partial charge >= 0.3 is 0 Å². The van der Waals surface area contributed by atoms with Crippen LogP contribution in [0.1, 0.15) is 25.3 Å². The van der Waals surface area contributed by atoms with Crippen molar-refractivity contribution in [1.29, 1.82) is 0 Å². The van der Waals surface area contributed by atoms with Gasteiger partial charge in [0.25, 0.3) is 11.1 Å². The number of hydrogen-bond acceptors (Lipinski definition) is 6. The van der Waals surface area contributed by atoms with Gasteiger partial charge in [-0.1, -0.05) is 25.5 Å². The summed E-state index contributed by atoms with van der Waals surface area (Å²) >= 11 is 0.857. The third-order valence-corrected chi connectivity index (χ3v) is 4.99. The van der Waals surface area contributed by atoms with Crippen molar-refractivity contribution in [2.45, 2.75) is 19.8 Å². The number of aromatic hydroxyl groups is 1. The van der Waals surface area contributed by atoms with Crippen molar-refractivity contribution >= 4 is 34.7 Å². The number of nitrogens with zero attached hydrogens (tertiary/aromatic N) is 1. The first-order valence-corrected chi connectivity index (χ1v) is 9.73. The van der Waals surface area contributed by atoms with E-state index in [1.54, 1.807) is 37.5 Å². The highest BCUT2D eigenvalue weighted by Crippen LogP contribution is 2.37. The quantitative estimate of drug-likeness (QED) is 0.531. The number of rotatable bonds is 7. The number of phenols is 1. The Balaban J connectivity index is 1.83. The van der Waals surface area contributed by atoms with Gasteiger partial charge in [-0.25, -0.2) is 4.90 Å². The number of hydrogen-bond donors (Lipinski definition) is 1. The fraction of sp³-hybridized carbons (Fsp3) is 0.238. The fourth-order valence-corrected chi connectivity index (χ4v) is 3.53. The van der Waals surface area contributed by atoms with Crippen LogP contribution in [0.4, 0.5) is 10.5 Å². The highest BCUT2D eigenvalue weighted by molar-refractivity contribution is 8.19. The van der Waals surface area contributed by atoms with Crippen LogP contribution < -0.4 is 14.4 Å². The summed E-state index contributed by atoms with van der Waals surface area (Å²) in [6.07, 6.45) is 3.63. The van der Waals surface area contributed by atoms with E-state index in [1.165, 1.54) is 12.1 Å². The van der Waals surface area contributed by atoms with E-state index in [-0.39, 0.29) is 5.75 Å². The van der Waals surface area contributed by atoms with E-state index in [2.05, 4.69) is 6.92 Å². The third kappa shape index (κ3) is 4.31. The van der Waals surface area contributed by atoms with Crippen LogP contribution in [0, 0.1) is 0 Å². The molecule has 2 aromatic rings. The number of carbonyl (C=O) groups is 2. The summed E-state index contributed by atoms with van der Waals surface area (Å²) in [5, 5.41) is 9.20. The van der Waals surface area contributed by atoms with Crippen molar-refractivity contribution in [2.75, 3.05) is 18.6 Å². The molecule has 0 atom stereocenters. The van der Waals surface area contributed by atoms with Gasteiger partial charge in [0.15, 0.2) is 11.5 Å². The molecule has 1 N–H and O–H groups in total. The van der Waals surface area contributed by atoms with Crippen molar-refractivity contribution in [1.82, 2.24) is 0 Å². The van der Waals surface area contributed by atoms with Crippen molar-refractivity contribution in [2.24, 2.45) is 0 Å². The number of methoxy groups -OCH3 is 1. The zero-order chi connectivity index (χ0) is 20.1. The van der Waals surface area contributed by atoms with E-state index < -0.39 is 11.1 Å². The standard InChI is InChI=1S/C21H21NO5S/c1-3-4-10-27-17-9-8-14(11-18(17)26-2)12-19-20(24)22(21(25)28-19)15-6-5-7-16(23)13-15/h5-9,11-13,23H,3-4,10H2,1-2H3. The summed E-state index contributed by atoms with van der Waals surface area (Å²) in [6.45, 7) is 2.70. The minimum absolute atomic E-state index is 0.0103. The second-order valence-electron chi connectivity index (χ2n) is 6.15. The molecular weight excluding hydrogens is 378 g/mol. The largest absolute Gasteiger partial charge is 0.508 e. The SMILES string of the molecule is CCCCOc1ccc(C=C2SC(=O)N(c3cccc(O)c3)C2=O)cc1OC. The molecule has 1 aliphatic heterocycles. The summed E-state index contributed by atoms with van der Waals surface area (Å²) in [4.78, 5) is 26.4. The number of unbranched alkanes of at least 4 members (excludes halogenated alkanes) is 1. The number of imide groups is 1. The van der Waals surface area contributed by atoms with Crippen molar-refractivity contribution in [3.05, 3.63) is 52.9 Å². The zero-order valence-corrected chi connectivity index (χ0v) is 16.5. The van der Waals surface area contributed by atoms with Gasteiger partial charge in [-0.3, -0.25) is 9.59 Å². The monoisotopic (exact) mass is 399 g/mol. The lowest BCUT2D eigenvalue weighted by Crippen LogP contribution is -2.27. The van der Waals surface area contributed by atoms with E-state index >= 15 is 0 Å². The van der Waals surface area contributed by atoms with Crippen LogP contribution >= 0.6 is 11.8 Å². The second-order valence-corrected chi connectivity index (χ2v) is 7.14. The Morgan fingerprint density at radius 1 is 1.14 bits per heavy atom. The lowest BCUT2D eigenvalue weighted by atomic mass is 10.1. The number of ether oxygens (including phenoxy) is 2. The fourth-order valence-electron chi connectivity index (χ4n) is 2.69. The Morgan fingerprint density at radius 3 is 2.68 bits per heavy atom. The van der Waals surface area contributed by atoms with E-state index in [1.807, 2.05) is 6.07 Å². The summed E-state index contributed by atoms with van der Waals surface area (Å²) < 4.78 is 11.1. The van der Waals surface area contributed by atoms with Gasteiger partial charge in [-0.2, -0.15) is 0 Å². The zero-order valence-electron chi connectivity index (χ0n) is 15.7. The predicted molar refractivity (Wildman–Crippen MR) is 110 cm³/mol. The Kier molecular flexibility index (Phi) is 6.26. The Bertz CT molecular complexity index is 925. The van der Waals surface area contributed by atoms with Crippen LogP contribution in [0.3, 0.4) is 0 Å². The maximum atomic E-state index is 12.7. The number of thioether (sulfide) groups is 1. The minimum atomic E-state index is -0.428. The minimum Gasteiger partial charge on any atom is -0.508 e. The number of phenolic OH excluding ortho intramolecular Hbond substituents is 1. The summed E-state index contributed by atoms with van der Waals surface area (Å²) in [7, 11) is 1.56. The highest BCUT2D eigenvalue weighted by Gasteiger charge is 2.36. The number of amides is 2. The van der Waals surface area contributed by atoms with Crippen LogP contribution in [0.15, 0.2) is 47.4 Å². The summed E-state index contributed by atoms with van der Waals surface area (Å²) in [5.74, 6) is 0.768. The molecule has 146 valence electrons. The molecular formula is C21H21NO5S. The normalized spacial score (nSPS) is 15.4. The molecule has 6 nitrogen and oxygen atoms in total.